The van der Waals surface area contributed by atoms with E-state index in [0.29, 0.717) is 12.0 Å². The summed E-state index contributed by atoms with van der Waals surface area (Å²) in [5.41, 5.74) is 5.31. The van der Waals surface area contributed by atoms with Crippen molar-refractivity contribution >= 4 is 28.5 Å². The summed E-state index contributed by atoms with van der Waals surface area (Å²) in [6.07, 6.45) is 3.71. The predicted molar refractivity (Wildman–Crippen MR) is 119 cm³/mol. The molecule has 4 heterocycles. The number of fused-ring (bicyclic) bond motifs is 4. The second-order valence-corrected chi connectivity index (χ2v) is 9.64. The fourth-order valence-electron chi connectivity index (χ4n) is 5.54. The highest BCUT2D eigenvalue weighted by atomic mass is 32.2. The van der Waals surface area contributed by atoms with Gasteiger partial charge in [0.15, 0.2) is 0 Å². The number of hydrogen-bond acceptors (Lipinski definition) is 5. The number of rotatable bonds is 4. The van der Waals surface area contributed by atoms with E-state index in [0.717, 1.165) is 30.5 Å². The van der Waals surface area contributed by atoms with Gasteiger partial charge in [-0.1, -0.05) is 29.5 Å². The van der Waals surface area contributed by atoms with Crippen molar-refractivity contribution in [2.24, 2.45) is 0 Å². The zero-order valence-corrected chi connectivity index (χ0v) is 17.5. The van der Waals surface area contributed by atoms with Gasteiger partial charge in [0, 0.05) is 43.0 Å². The van der Waals surface area contributed by atoms with E-state index in [1.165, 1.54) is 43.1 Å². The smallest absolute Gasteiger partial charge is 0.113 e. The van der Waals surface area contributed by atoms with E-state index >= 15 is 0 Å². The van der Waals surface area contributed by atoms with Gasteiger partial charge in [-0.2, -0.15) is 0 Å². The van der Waals surface area contributed by atoms with Crippen molar-refractivity contribution in [3.8, 4) is 0 Å². The van der Waals surface area contributed by atoms with Gasteiger partial charge in [-0.15, -0.1) is 16.9 Å². The fraction of sp³-hybridized carbons (Fsp3) is 0.478. The molecule has 0 N–H and O–H groups in total. The van der Waals surface area contributed by atoms with Crippen LogP contribution in [0.3, 0.4) is 0 Å². The molecule has 3 aliphatic rings. The van der Waals surface area contributed by atoms with Crippen molar-refractivity contribution in [2.75, 3.05) is 36.8 Å². The van der Waals surface area contributed by atoms with Crippen LogP contribution in [0.4, 0.5) is 5.69 Å². The van der Waals surface area contributed by atoms with Crippen LogP contribution in [0.15, 0.2) is 47.4 Å². The Morgan fingerprint density at radius 1 is 1.03 bits per heavy atom. The molecule has 3 aromatic rings. The first kappa shape index (κ1) is 17.8. The Morgan fingerprint density at radius 2 is 2.00 bits per heavy atom. The van der Waals surface area contributed by atoms with E-state index in [1.54, 1.807) is 11.3 Å². The number of likely N-dealkylation sites (tertiary alicyclic amines) is 1. The second kappa shape index (κ2) is 7.33. The lowest BCUT2D eigenvalue weighted by Crippen LogP contribution is -2.46. The normalized spacial score (nSPS) is 23.8. The molecular weight excluding hydrogens is 378 g/mol. The first-order valence-corrected chi connectivity index (χ1v) is 11.9. The largest absolute Gasteiger partial charge is 0.367 e. The van der Waals surface area contributed by atoms with Crippen molar-refractivity contribution in [3.05, 3.63) is 48.0 Å². The summed E-state index contributed by atoms with van der Waals surface area (Å²) in [6.45, 7) is 5.72. The number of thioether (sulfide) groups is 1. The highest BCUT2D eigenvalue weighted by Gasteiger charge is 2.43. The number of benzene rings is 2. The number of nitrogens with zero attached hydrogens (tertiary/aromatic N) is 5. The minimum atomic E-state index is 0.671. The molecule has 6 heteroatoms. The predicted octanol–water partition coefficient (Wildman–Crippen LogP) is 4.00. The molecule has 3 aliphatic heterocycles. The first-order chi connectivity index (χ1) is 14.4. The van der Waals surface area contributed by atoms with E-state index in [-0.39, 0.29) is 0 Å². The van der Waals surface area contributed by atoms with Gasteiger partial charge in [-0.05, 0) is 55.3 Å². The Balaban J connectivity index is 1.15. The van der Waals surface area contributed by atoms with Crippen LogP contribution >= 0.6 is 11.8 Å². The molecule has 5 nitrogen and oxygen atoms in total. The molecular formula is C23H27N5S. The fourth-order valence-corrected chi connectivity index (χ4v) is 6.58. The highest BCUT2D eigenvalue weighted by molar-refractivity contribution is 7.99. The molecule has 0 aliphatic carbocycles. The van der Waals surface area contributed by atoms with E-state index < -0.39 is 0 Å². The summed E-state index contributed by atoms with van der Waals surface area (Å²) < 4.78 is 2.06. The maximum Gasteiger partial charge on any atom is 0.113 e. The minimum absolute atomic E-state index is 0.671. The average molecular weight is 406 g/mol. The molecule has 6 rings (SSSR count). The third kappa shape index (κ3) is 3.04. The third-order valence-electron chi connectivity index (χ3n) is 6.84. The summed E-state index contributed by atoms with van der Waals surface area (Å²) in [7, 11) is 0. The molecule has 1 fully saturated rings. The van der Waals surface area contributed by atoms with Gasteiger partial charge in [-0.25, -0.2) is 4.68 Å². The monoisotopic (exact) mass is 405 g/mol. The number of hydrogen-bond donors (Lipinski definition) is 0. The molecule has 0 unspecified atom stereocenters. The van der Waals surface area contributed by atoms with Gasteiger partial charge >= 0.3 is 0 Å². The quantitative estimate of drug-likeness (QED) is 0.656. The van der Waals surface area contributed by atoms with Gasteiger partial charge < -0.3 is 9.80 Å². The maximum absolute atomic E-state index is 4.35. The van der Waals surface area contributed by atoms with Gasteiger partial charge in [0.05, 0.1) is 11.2 Å². The SMILES string of the molecule is c1cc2c3c(c1)[C@@H]1CN(CCCn4nnc5ccccc54)CC[C@@H]1N3CCCS2. The maximum atomic E-state index is 4.35. The van der Waals surface area contributed by atoms with Crippen LogP contribution in [0.2, 0.25) is 0 Å². The topological polar surface area (TPSA) is 37.2 Å². The van der Waals surface area contributed by atoms with Crippen molar-refractivity contribution < 1.29 is 0 Å². The van der Waals surface area contributed by atoms with Crippen LogP contribution < -0.4 is 4.90 Å². The molecule has 2 aromatic carbocycles. The molecule has 0 spiro atoms. The van der Waals surface area contributed by atoms with Crippen LogP contribution in [0.25, 0.3) is 11.0 Å². The van der Waals surface area contributed by atoms with E-state index in [1.807, 2.05) is 12.1 Å². The Hall–Kier alpha value is -2.05. The first-order valence-electron chi connectivity index (χ1n) is 10.9. The lowest BCUT2D eigenvalue weighted by atomic mass is 9.89. The van der Waals surface area contributed by atoms with Gasteiger partial charge in [-0.3, -0.25) is 0 Å². The van der Waals surface area contributed by atoms with Crippen LogP contribution in [0.1, 0.15) is 30.7 Å². The number of para-hydroxylation sites is 2. The van der Waals surface area contributed by atoms with Crippen LogP contribution in [0, 0.1) is 0 Å². The summed E-state index contributed by atoms with van der Waals surface area (Å²) in [6, 6.07) is 16.0. The van der Waals surface area contributed by atoms with E-state index in [4.69, 9.17) is 0 Å². The van der Waals surface area contributed by atoms with Crippen LogP contribution in [0.5, 0.6) is 0 Å². The number of anilines is 1. The zero-order valence-electron chi connectivity index (χ0n) is 16.7. The Morgan fingerprint density at radius 3 is 3.00 bits per heavy atom. The summed E-state index contributed by atoms with van der Waals surface area (Å²) in [5.74, 6) is 1.93. The molecule has 1 saturated heterocycles. The molecule has 0 bridgehead atoms. The molecule has 0 radical (unpaired) electrons. The van der Waals surface area contributed by atoms with Gasteiger partial charge in [0.2, 0.25) is 0 Å². The molecule has 1 aromatic heterocycles. The van der Waals surface area contributed by atoms with Crippen molar-refractivity contribution in [1.82, 2.24) is 19.9 Å². The molecule has 2 atom stereocenters. The summed E-state index contributed by atoms with van der Waals surface area (Å²) in [5, 5.41) is 8.63. The molecule has 0 saturated carbocycles. The van der Waals surface area contributed by atoms with Gasteiger partial charge in [0.1, 0.15) is 5.52 Å². The van der Waals surface area contributed by atoms with Crippen LogP contribution in [-0.2, 0) is 6.54 Å². The van der Waals surface area contributed by atoms with Gasteiger partial charge in [0.25, 0.3) is 0 Å². The van der Waals surface area contributed by atoms with E-state index in [9.17, 15) is 0 Å². The van der Waals surface area contributed by atoms with E-state index in [2.05, 4.69) is 66.9 Å². The third-order valence-corrected chi connectivity index (χ3v) is 7.98. The number of piperidine rings is 1. The van der Waals surface area contributed by atoms with Crippen LogP contribution in [-0.4, -0.2) is 57.9 Å². The molecule has 150 valence electrons. The number of aryl methyl sites for hydroxylation is 1. The molecule has 29 heavy (non-hydrogen) atoms. The standard InChI is InChI=1S/C23H27N5S/c1-2-8-21-19(7-1)24-25-28(21)13-4-11-26-14-10-20-18(16-26)17-6-3-9-22-23(17)27(20)12-5-15-29-22/h1-3,6-9,18,20H,4-5,10-16H2/t18-,20-/m0/s1. The Labute approximate surface area is 176 Å². The lowest BCUT2D eigenvalue weighted by Gasteiger charge is -2.39. The molecule has 0 amide bonds. The number of aromatic nitrogens is 3. The van der Waals surface area contributed by atoms with Crippen molar-refractivity contribution in [1.29, 1.82) is 0 Å². The Kier molecular flexibility index (Phi) is 4.49. The van der Waals surface area contributed by atoms with Crippen molar-refractivity contribution in [3.63, 3.8) is 0 Å². The lowest BCUT2D eigenvalue weighted by molar-refractivity contribution is 0.188. The highest BCUT2D eigenvalue weighted by Crippen LogP contribution is 2.50. The summed E-state index contributed by atoms with van der Waals surface area (Å²) >= 11 is 2.06. The average Bonchev–Trinajstić information content (AvgIpc) is 3.22. The minimum Gasteiger partial charge on any atom is -0.367 e. The zero-order chi connectivity index (χ0) is 19.2. The Bertz CT molecular complexity index is 1030. The second-order valence-electron chi connectivity index (χ2n) is 8.51. The van der Waals surface area contributed by atoms with Crippen molar-refractivity contribution in [2.45, 2.75) is 42.7 Å². The summed E-state index contributed by atoms with van der Waals surface area (Å²) in [4.78, 5) is 6.95.